The lowest BCUT2D eigenvalue weighted by Gasteiger charge is -2.32. The van der Waals surface area contributed by atoms with Crippen molar-refractivity contribution in [3.8, 4) is 28.5 Å². The summed E-state index contributed by atoms with van der Waals surface area (Å²) in [5.41, 5.74) is 1.98. The summed E-state index contributed by atoms with van der Waals surface area (Å²) in [7, 11) is 0. The fourth-order valence-corrected chi connectivity index (χ4v) is 5.51. The molecule has 0 amide bonds. The standard InChI is InChI=1S/C28H24ClF3N6O/c29-19-9-6-17(7-10-19)28-33-23-13-20(30)21(31)14-24(23)38(28)25(16-4-2-1-3-5-16)15-39-26-11-8-18(12-22(26)32)27-34-36-37-35-27/h6-14,16,25H,1-5,15H2,(H,34,35,36,37). The van der Waals surface area contributed by atoms with Crippen LogP contribution in [0.5, 0.6) is 5.75 Å². The van der Waals surface area contributed by atoms with Crippen molar-refractivity contribution in [2.45, 2.75) is 38.1 Å². The van der Waals surface area contributed by atoms with Crippen molar-refractivity contribution in [3.63, 3.8) is 0 Å². The van der Waals surface area contributed by atoms with Gasteiger partial charge in [0.2, 0.25) is 5.82 Å². The van der Waals surface area contributed by atoms with Crippen molar-refractivity contribution in [2.75, 3.05) is 6.61 Å². The van der Waals surface area contributed by atoms with Gasteiger partial charge in [0.1, 0.15) is 12.4 Å². The number of aromatic nitrogens is 6. The molecule has 200 valence electrons. The van der Waals surface area contributed by atoms with Crippen LogP contribution < -0.4 is 4.74 Å². The number of halogens is 4. The Kier molecular flexibility index (Phi) is 6.95. The largest absolute Gasteiger partial charge is 0.488 e. The Morgan fingerprint density at radius 1 is 0.923 bits per heavy atom. The predicted octanol–water partition coefficient (Wildman–Crippen LogP) is 7.15. The topological polar surface area (TPSA) is 81.5 Å². The molecule has 6 rings (SSSR count). The van der Waals surface area contributed by atoms with E-state index in [2.05, 4.69) is 20.6 Å². The smallest absolute Gasteiger partial charge is 0.204 e. The van der Waals surface area contributed by atoms with Gasteiger partial charge < -0.3 is 9.30 Å². The van der Waals surface area contributed by atoms with Crippen LogP contribution in [0.4, 0.5) is 13.2 Å². The number of nitrogens with one attached hydrogen (secondary N) is 1. The maximum absolute atomic E-state index is 15.1. The molecule has 1 aliphatic carbocycles. The molecule has 1 saturated carbocycles. The molecular weight excluding hydrogens is 529 g/mol. The maximum atomic E-state index is 15.1. The molecule has 1 atom stereocenters. The molecular formula is C28H24ClF3N6O. The third-order valence-corrected chi connectivity index (χ3v) is 7.56. The molecule has 1 unspecified atom stereocenters. The molecule has 11 heteroatoms. The van der Waals surface area contributed by atoms with Crippen molar-refractivity contribution in [2.24, 2.45) is 5.92 Å². The molecule has 5 aromatic rings. The quantitative estimate of drug-likeness (QED) is 0.232. The number of imidazole rings is 1. The molecule has 0 bridgehead atoms. The van der Waals surface area contributed by atoms with E-state index in [1.54, 1.807) is 18.2 Å². The summed E-state index contributed by atoms with van der Waals surface area (Å²) in [6.07, 6.45) is 5.07. The highest BCUT2D eigenvalue weighted by atomic mass is 35.5. The van der Waals surface area contributed by atoms with E-state index in [0.29, 0.717) is 27.4 Å². The van der Waals surface area contributed by atoms with Gasteiger partial charge in [0.25, 0.3) is 0 Å². The van der Waals surface area contributed by atoms with Crippen LogP contribution in [0.1, 0.15) is 38.1 Å². The molecule has 2 aromatic heterocycles. The zero-order chi connectivity index (χ0) is 26.9. The summed E-state index contributed by atoms with van der Waals surface area (Å²) < 4.78 is 51.8. The third-order valence-electron chi connectivity index (χ3n) is 7.30. The first-order valence-electron chi connectivity index (χ1n) is 12.8. The van der Waals surface area contributed by atoms with E-state index in [9.17, 15) is 8.78 Å². The van der Waals surface area contributed by atoms with Crippen LogP contribution in [0, 0.1) is 23.4 Å². The highest BCUT2D eigenvalue weighted by Gasteiger charge is 2.30. The number of hydrogen-bond donors (Lipinski definition) is 1. The highest BCUT2D eigenvalue weighted by molar-refractivity contribution is 6.30. The van der Waals surface area contributed by atoms with Crippen molar-refractivity contribution >= 4 is 22.6 Å². The van der Waals surface area contributed by atoms with E-state index >= 15 is 4.39 Å². The van der Waals surface area contributed by atoms with E-state index in [0.717, 1.165) is 43.7 Å². The van der Waals surface area contributed by atoms with Crippen LogP contribution in [0.3, 0.4) is 0 Å². The van der Waals surface area contributed by atoms with Crippen LogP contribution in [-0.4, -0.2) is 36.8 Å². The van der Waals surface area contributed by atoms with Gasteiger partial charge in [-0.3, -0.25) is 0 Å². The van der Waals surface area contributed by atoms with E-state index in [1.807, 2.05) is 16.7 Å². The zero-order valence-corrected chi connectivity index (χ0v) is 21.5. The monoisotopic (exact) mass is 552 g/mol. The van der Waals surface area contributed by atoms with Crippen LogP contribution >= 0.6 is 11.6 Å². The highest BCUT2D eigenvalue weighted by Crippen LogP contribution is 2.39. The van der Waals surface area contributed by atoms with Gasteiger partial charge in [-0.1, -0.05) is 30.9 Å². The van der Waals surface area contributed by atoms with E-state index in [4.69, 9.17) is 21.3 Å². The molecule has 0 radical (unpaired) electrons. The van der Waals surface area contributed by atoms with Gasteiger partial charge in [-0.05, 0) is 66.4 Å². The second-order valence-electron chi connectivity index (χ2n) is 9.72. The fraction of sp³-hybridized carbons (Fsp3) is 0.286. The minimum atomic E-state index is -0.968. The molecule has 2 heterocycles. The average molecular weight is 553 g/mol. The Balaban J connectivity index is 1.42. The number of fused-ring (bicyclic) bond motifs is 1. The fourth-order valence-electron chi connectivity index (χ4n) is 5.39. The molecule has 1 fully saturated rings. The summed E-state index contributed by atoms with van der Waals surface area (Å²) in [4.78, 5) is 4.70. The lowest BCUT2D eigenvalue weighted by molar-refractivity contribution is 0.166. The van der Waals surface area contributed by atoms with Gasteiger partial charge >= 0.3 is 0 Å². The molecule has 0 saturated heterocycles. The maximum Gasteiger partial charge on any atom is 0.204 e. The molecule has 3 aromatic carbocycles. The number of H-pyrrole nitrogens is 1. The predicted molar refractivity (Wildman–Crippen MR) is 141 cm³/mol. The van der Waals surface area contributed by atoms with Crippen molar-refractivity contribution < 1.29 is 17.9 Å². The lowest BCUT2D eigenvalue weighted by Crippen LogP contribution is -2.28. The van der Waals surface area contributed by atoms with E-state index in [-0.39, 0.29) is 30.1 Å². The van der Waals surface area contributed by atoms with E-state index < -0.39 is 17.5 Å². The lowest BCUT2D eigenvalue weighted by atomic mass is 9.83. The molecule has 0 spiro atoms. The normalized spacial score (nSPS) is 15.1. The molecule has 0 aliphatic heterocycles. The summed E-state index contributed by atoms with van der Waals surface area (Å²) >= 11 is 6.12. The average Bonchev–Trinajstić information content (AvgIpc) is 3.60. The summed E-state index contributed by atoms with van der Waals surface area (Å²) in [5, 5.41) is 14.2. The minimum Gasteiger partial charge on any atom is -0.488 e. The number of tetrazole rings is 1. The number of ether oxygens (including phenoxy) is 1. The number of benzene rings is 3. The van der Waals surface area contributed by atoms with Crippen molar-refractivity contribution in [1.82, 2.24) is 30.2 Å². The third kappa shape index (κ3) is 5.08. The molecule has 1 aliphatic rings. The Morgan fingerprint density at radius 2 is 1.67 bits per heavy atom. The van der Waals surface area contributed by atoms with Gasteiger partial charge in [-0.15, -0.1) is 10.2 Å². The number of nitrogens with zero attached hydrogens (tertiary/aromatic N) is 5. The summed E-state index contributed by atoms with van der Waals surface area (Å²) in [6.45, 7) is 0.105. The van der Waals surface area contributed by atoms with Gasteiger partial charge in [-0.25, -0.2) is 18.2 Å². The SMILES string of the molecule is Fc1cc2nc(-c3ccc(Cl)cc3)n(C(COc3ccc(-c4nn[nH]n4)cc3F)C3CCCCC3)c2cc1F. The molecule has 7 nitrogen and oxygen atoms in total. The van der Waals surface area contributed by atoms with Crippen LogP contribution in [0.2, 0.25) is 5.02 Å². The number of aromatic amines is 1. The van der Waals surface area contributed by atoms with Crippen molar-refractivity contribution in [1.29, 1.82) is 0 Å². The van der Waals surface area contributed by atoms with Crippen molar-refractivity contribution in [3.05, 3.63) is 77.1 Å². The van der Waals surface area contributed by atoms with Crippen LogP contribution in [-0.2, 0) is 0 Å². The summed E-state index contributed by atoms with van der Waals surface area (Å²) in [6, 6.07) is 13.6. The first-order chi connectivity index (χ1) is 19.0. The molecule has 39 heavy (non-hydrogen) atoms. The van der Waals surface area contributed by atoms with Gasteiger partial charge in [0.15, 0.2) is 23.2 Å². The Bertz CT molecular complexity index is 1600. The van der Waals surface area contributed by atoms with E-state index in [1.165, 1.54) is 18.2 Å². The second kappa shape index (κ2) is 10.7. The Hall–Kier alpha value is -3.92. The Labute approximate surface area is 227 Å². The van der Waals surface area contributed by atoms with Gasteiger partial charge in [0.05, 0.1) is 17.1 Å². The first-order valence-corrected chi connectivity index (χ1v) is 13.1. The number of rotatable bonds is 7. The van der Waals surface area contributed by atoms with Crippen LogP contribution in [0.15, 0.2) is 54.6 Å². The van der Waals surface area contributed by atoms with Crippen LogP contribution in [0.25, 0.3) is 33.8 Å². The zero-order valence-electron chi connectivity index (χ0n) is 20.7. The summed E-state index contributed by atoms with van der Waals surface area (Å²) in [5.74, 6) is -1.45. The first kappa shape index (κ1) is 25.4. The number of hydrogen-bond acceptors (Lipinski definition) is 5. The molecule has 1 N–H and O–H groups in total. The minimum absolute atomic E-state index is 0.0674. The Morgan fingerprint density at radius 3 is 2.38 bits per heavy atom. The van der Waals surface area contributed by atoms with Gasteiger partial charge in [-0.2, -0.15) is 5.21 Å². The van der Waals surface area contributed by atoms with Gasteiger partial charge in [0, 0.05) is 28.3 Å². The second-order valence-corrected chi connectivity index (χ2v) is 10.2.